The quantitative estimate of drug-likeness (QED) is 0.623. The lowest BCUT2D eigenvalue weighted by molar-refractivity contribution is -0.687. The normalized spacial score (nSPS) is 21.3. The van der Waals surface area contributed by atoms with E-state index in [-0.39, 0.29) is 24.3 Å². The number of amides is 2. The molecule has 0 unspecified atom stereocenters. The van der Waals surface area contributed by atoms with Gasteiger partial charge in [0.15, 0.2) is 6.04 Å². The molecule has 0 aromatic heterocycles. The highest BCUT2D eigenvalue weighted by molar-refractivity contribution is 6.21. The van der Waals surface area contributed by atoms with Crippen LogP contribution in [0.25, 0.3) is 0 Å². The van der Waals surface area contributed by atoms with E-state index in [1.165, 1.54) is 4.90 Å². The predicted octanol–water partition coefficient (Wildman–Crippen LogP) is 0.221. The first-order valence-electron chi connectivity index (χ1n) is 7.59. The van der Waals surface area contributed by atoms with Gasteiger partial charge in [-0.2, -0.15) is 0 Å². The Bertz CT molecular complexity index is 607. The van der Waals surface area contributed by atoms with Crippen LogP contribution in [0.4, 0.5) is 5.69 Å². The van der Waals surface area contributed by atoms with Gasteiger partial charge in [0.2, 0.25) is 5.91 Å². The third-order valence-corrected chi connectivity index (χ3v) is 3.94. The number of hydrogen-bond donors (Lipinski definition) is 1. The Morgan fingerprint density at radius 3 is 2.55 bits per heavy atom. The van der Waals surface area contributed by atoms with Crippen molar-refractivity contribution >= 4 is 23.5 Å². The average Bonchev–Trinajstić information content (AvgIpc) is 3.27. The van der Waals surface area contributed by atoms with E-state index < -0.39 is 5.97 Å². The Morgan fingerprint density at radius 2 is 1.95 bits per heavy atom. The minimum atomic E-state index is -0.409. The van der Waals surface area contributed by atoms with Crippen molar-refractivity contribution in [2.24, 2.45) is 0 Å². The van der Waals surface area contributed by atoms with Crippen LogP contribution in [0, 0.1) is 0 Å². The maximum atomic E-state index is 12.4. The summed E-state index contributed by atoms with van der Waals surface area (Å²) in [5.41, 5.74) is 0.917. The molecule has 2 amide bonds. The molecule has 22 heavy (non-hydrogen) atoms. The molecule has 2 fully saturated rings. The van der Waals surface area contributed by atoms with Crippen molar-refractivity contribution in [3.8, 4) is 0 Å². The lowest BCUT2D eigenvalue weighted by atomic mass is 10.2. The van der Waals surface area contributed by atoms with E-state index in [1.807, 2.05) is 5.32 Å². The van der Waals surface area contributed by atoms with E-state index in [0.29, 0.717) is 23.9 Å². The summed E-state index contributed by atoms with van der Waals surface area (Å²) in [6.45, 7) is 2.05. The molecular weight excluding hydrogens is 284 g/mol. The lowest BCUT2D eigenvalue weighted by Gasteiger charge is -2.14. The molecule has 6 heteroatoms. The van der Waals surface area contributed by atoms with Gasteiger partial charge in [0.25, 0.3) is 5.91 Å². The molecule has 3 rings (SSSR count). The van der Waals surface area contributed by atoms with Gasteiger partial charge in [0.05, 0.1) is 30.3 Å². The number of rotatable bonds is 5. The Hall–Kier alpha value is -2.21. The number of carbonyl (C=O) groups is 3. The van der Waals surface area contributed by atoms with Crippen LogP contribution in [0.15, 0.2) is 24.3 Å². The molecule has 0 radical (unpaired) electrons. The Balaban J connectivity index is 1.74. The molecule has 1 saturated heterocycles. The number of benzene rings is 1. The number of ether oxygens (including phenoxy) is 1. The molecule has 116 valence electrons. The van der Waals surface area contributed by atoms with Crippen molar-refractivity contribution in [1.29, 1.82) is 0 Å². The van der Waals surface area contributed by atoms with Crippen LogP contribution in [-0.2, 0) is 14.3 Å². The number of hydrogen-bond acceptors (Lipinski definition) is 4. The summed E-state index contributed by atoms with van der Waals surface area (Å²) in [6, 6.07) is 6.57. The number of carbonyl (C=O) groups excluding carboxylic acids is 3. The van der Waals surface area contributed by atoms with E-state index in [9.17, 15) is 14.4 Å². The fourth-order valence-corrected chi connectivity index (χ4v) is 2.66. The van der Waals surface area contributed by atoms with E-state index >= 15 is 0 Å². The van der Waals surface area contributed by atoms with Gasteiger partial charge < -0.3 is 10.1 Å². The average molecular weight is 303 g/mol. The number of anilines is 1. The third kappa shape index (κ3) is 2.87. The van der Waals surface area contributed by atoms with Gasteiger partial charge in [-0.15, -0.1) is 0 Å². The molecule has 1 aliphatic carbocycles. The van der Waals surface area contributed by atoms with Crippen LogP contribution in [0.2, 0.25) is 0 Å². The monoisotopic (exact) mass is 303 g/mol. The minimum absolute atomic E-state index is 0.166. The molecule has 1 aromatic rings. The summed E-state index contributed by atoms with van der Waals surface area (Å²) < 4.78 is 4.91. The van der Waals surface area contributed by atoms with Crippen molar-refractivity contribution in [2.45, 2.75) is 38.3 Å². The first-order chi connectivity index (χ1) is 10.6. The van der Waals surface area contributed by atoms with Crippen molar-refractivity contribution in [3.63, 3.8) is 0 Å². The van der Waals surface area contributed by atoms with Crippen LogP contribution in [0.1, 0.15) is 36.5 Å². The Labute approximate surface area is 128 Å². The Kier molecular flexibility index (Phi) is 3.94. The van der Waals surface area contributed by atoms with Crippen LogP contribution in [0.5, 0.6) is 0 Å². The van der Waals surface area contributed by atoms with Crippen molar-refractivity contribution in [1.82, 2.24) is 0 Å². The summed E-state index contributed by atoms with van der Waals surface area (Å²) in [5, 5.41) is 2.01. The molecule has 1 aromatic carbocycles. The van der Waals surface area contributed by atoms with E-state index in [2.05, 4.69) is 0 Å². The summed E-state index contributed by atoms with van der Waals surface area (Å²) in [5.74, 6) is -0.760. The maximum absolute atomic E-state index is 12.4. The topological polar surface area (TPSA) is 80.3 Å². The molecule has 0 bridgehead atoms. The van der Waals surface area contributed by atoms with Gasteiger partial charge in [-0.3, -0.25) is 9.59 Å². The number of esters is 1. The second-order valence-corrected chi connectivity index (χ2v) is 5.68. The van der Waals surface area contributed by atoms with Crippen molar-refractivity contribution in [3.05, 3.63) is 29.8 Å². The maximum Gasteiger partial charge on any atom is 0.338 e. The Morgan fingerprint density at radius 1 is 1.27 bits per heavy atom. The van der Waals surface area contributed by atoms with Gasteiger partial charge in [-0.25, -0.2) is 9.69 Å². The first-order valence-corrected chi connectivity index (χ1v) is 7.59. The number of imide groups is 1. The molecule has 1 aliphatic heterocycles. The molecule has 6 nitrogen and oxygen atoms in total. The van der Waals surface area contributed by atoms with Gasteiger partial charge in [-0.05, 0) is 31.2 Å². The summed E-state index contributed by atoms with van der Waals surface area (Å²) in [7, 11) is 0. The van der Waals surface area contributed by atoms with Crippen LogP contribution in [0.3, 0.4) is 0 Å². The van der Waals surface area contributed by atoms with Crippen molar-refractivity contribution in [2.75, 3.05) is 11.5 Å². The fourth-order valence-electron chi connectivity index (χ4n) is 2.66. The second-order valence-electron chi connectivity index (χ2n) is 5.68. The molecule has 1 atom stereocenters. The van der Waals surface area contributed by atoms with Crippen LogP contribution >= 0.6 is 0 Å². The van der Waals surface area contributed by atoms with Crippen LogP contribution in [-0.4, -0.2) is 36.5 Å². The smallest absolute Gasteiger partial charge is 0.338 e. The largest absolute Gasteiger partial charge is 0.462 e. The summed E-state index contributed by atoms with van der Waals surface area (Å²) >= 11 is 0. The van der Waals surface area contributed by atoms with E-state index in [1.54, 1.807) is 31.2 Å². The zero-order valence-corrected chi connectivity index (χ0v) is 12.5. The second kappa shape index (κ2) is 5.88. The van der Waals surface area contributed by atoms with Crippen molar-refractivity contribution < 1.29 is 24.4 Å². The lowest BCUT2D eigenvalue weighted by Crippen LogP contribution is -2.93. The molecule has 0 spiro atoms. The molecule has 2 N–H and O–H groups in total. The highest BCUT2D eigenvalue weighted by Gasteiger charge is 2.45. The van der Waals surface area contributed by atoms with Gasteiger partial charge in [0.1, 0.15) is 0 Å². The summed E-state index contributed by atoms with van der Waals surface area (Å²) in [6.07, 6.45) is 2.48. The zero-order chi connectivity index (χ0) is 15.7. The van der Waals surface area contributed by atoms with Crippen LogP contribution < -0.4 is 10.2 Å². The highest BCUT2D eigenvalue weighted by Crippen LogP contribution is 2.23. The standard InChI is InChI=1S/C16H18N2O4/c1-2-22-16(21)10-3-7-12(8-4-10)18-14(19)9-13(15(18)20)17-11-5-6-11/h3-4,7-8,11,13,17H,2,5-6,9H2,1H3/p+1/t13-/m1/s1. The van der Waals surface area contributed by atoms with E-state index in [0.717, 1.165) is 12.8 Å². The molecular formula is C16H19N2O4+. The van der Waals surface area contributed by atoms with Gasteiger partial charge in [0, 0.05) is 12.8 Å². The zero-order valence-electron chi connectivity index (χ0n) is 12.5. The number of nitrogens with zero attached hydrogens (tertiary/aromatic N) is 1. The predicted molar refractivity (Wildman–Crippen MR) is 78.2 cm³/mol. The van der Waals surface area contributed by atoms with Gasteiger partial charge in [-0.1, -0.05) is 0 Å². The summed E-state index contributed by atoms with van der Waals surface area (Å²) in [4.78, 5) is 37.3. The van der Waals surface area contributed by atoms with Gasteiger partial charge >= 0.3 is 5.97 Å². The molecule has 1 saturated carbocycles. The first kappa shape index (κ1) is 14.7. The molecule has 2 aliphatic rings. The van der Waals surface area contributed by atoms with E-state index in [4.69, 9.17) is 4.74 Å². The fraction of sp³-hybridized carbons (Fsp3) is 0.438. The molecule has 1 heterocycles. The SMILES string of the molecule is CCOC(=O)c1ccc(N2C(=O)C[C@@H]([NH2+]C3CC3)C2=O)cc1. The number of quaternary nitrogens is 1. The highest BCUT2D eigenvalue weighted by atomic mass is 16.5. The third-order valence-electron chi connectivity index (χ3n) is 3.94. The number of nitrogens with two attached hydrogens (primary N) is 1. The minimum Gasteiger partial charge on any atom is -0.462 e.